The van der Waals surface area contributed by atoms with E-state index >= 15 is 0 Å². The van der Waals surface area contributed by atoms with Crippen molar-refractivity contribution in [1.29, 1.82) is 0 Å². The quantitative estimate of drug-likeness (QED) is 0.708. The van der Waals surface area contributed by atoms with Gasteiger partial charge in [0.15, 0.2) is 0 Å². The summed E-state index contributed by atoms with van der Waals surface area (Å²) in [6, 6.07) is 0.680. The predicted octanol–water partition coefficient (Wildman–Crippen LogP) is 2.51. The van der Waals surface area contributed by atoms with Crippen molar-refractivity contribution in [2.75, 3.05) is 26.2 Å². The molecule has 3 heteroatoms. The Labute approximate surface area is 113 Å². The summed E-state index contributed by atoms with van der Waals surface area (Å²) < 4.78 is 5.78. The lowest BCUT2D eigenvalue weighted by molar-refractivity contribution is -0.0792. The molecule has 0 radical (unpaired) electrons. The number of hydrogen-bond acceptors (Lipinski definition) is 3. The van der Waals surface area contributed by atoms with Gasteiger partial charge in [-0.1, -0.05) is 13.8 Å². The number of hydrogen-bond donors (Lipinski definition) is 1. The first-order valence-electron chi connectivity index (χ1n) is 7.59. The number of morpholine rings is 1. The molecule has 0 aliphatic carbocycles. The molecule has 3 nitrogen and oxygen atoms in total. The third-order valence-corrected chi connectivity index (χ3v) is 3.60. The van der Waals surface area contributed by atoms with E-state index in [4.69, 9.17) is 4.74 Å². The number of ether oxygens (including phenoxy) is 1. The maximum Gasteiger partial charge on any atom is 0.0678 e. The monoisotopic (exact) mass is 256 g/mol. The van der Waals surface area contributed by atoms with E-state index in [1.807, 2.05) is 0 Å². The van der Waals surface area contributed by atoms with Gasteiger partial charge in [-0.15, -0.1) is 0 Å². The smallest absolute Gasteiger partial charge is 0.0678 e. The normalized spacial score (nSPS) is 27.7. The SMILES string of the molecule is CC(C)CNCCCC(C)N1C[C@@H](C)O[C@@H](C)C1. The molecule has 1 unspecified atom stereocenters. The highest BCUT2D eigenvalue weighted by molar-refractivity contribution is 4.77. The Morgan fingerprint density at radius 3 is 2.33 bits per heavy atom. The average Bonchev–Trinajstić information content (AvgIpc) is 2.26. The second-order valence-corrected chi connectivity index (χ2v) is 6.30. The molecule has 0 aromatic rings. The number of nitrogens with one attached hydrogen (secondary N) is 1. The lowest BCUT2D eigenvalue weighted by Crippen LogP contribution is -2.49. The third-order valence-electron chi connectivity index (χ3n) is 3.60. The molecule has 1 aliphatic heterocycles. The van der Waals surface area contributed by atoms with Gasteiger partial charge in [0.1, 0.15) is 0 Å². The molecule has 0 spiro atoms. The van der Waals surface area contributed by atoms with E-state index in [2.05, 4.69) is 44.8 Å². The minimum Gasteiger partial charge on any atom is -0.373 e. The summed E-state index contributed by atoms with van der Waals surface area (Å²) in [5, 5.41) is 3.52. The Kier molecular flexibility index (Phi) is 7.20. The summed E-state index contributed by atoms with van der Waals surface area (Å²) in [5.41, 5.74) is 0. The molecule has 108 valence electrons. The Morgan fingerprint density at radius 1 is 1.17 bits per heavy atom. The van der Waals surface area contributed by atoms with E-state index in [0.29, 0.717) is 18.2 Å². The Hall–Kier alpha value is -0.120. The van der Waals surface area contributed by atoms with Crippen LogP contribution in [0.5, 0.6) is 0 Å². The minimum atomic E-state index is 0.385. The molecule has 0 aromatic carbocycles. The molecular formula is C15H32N2O. The van der Waals surface area contributed by atoms with Crippen molar-refractivity contribution < 1.29 is 4.74 Å². The van der Waals surface area contributed by atoms with E-state index in [1.54, 1.807) is 0 Å². The Balaban J connectivity index is 2.14. The van der Waals surface area contributed by atoms with Gasteiger partial charge in [0.2, 0.25) is 0 Å². The van der Waals surface area contributed by atoms with Crippen LogP contribution in [0.3, 0.4) is 0 Å². The maximum atomic E-state index is 5.78. The first kappa shape index (κ1) is 15.9. The molecule has 18 heavy (non-hydrogen) atoms. The molecule has 1 saturated heterocycles. The van der Waals surface area contributed by atoms with Gasteiger partial charge in [0.05, 0.1) is 12.2 Å². The molecule has 1 aliphatic rings. The fourth-order valence-corrected chi connectivity index (χ4v) is 2.67. The van der Waals surface area contributed by atoms with E-state index in [0.717, 1.165) is 32.1 Å². The largest absolute Gasteiger partial charge is 0.373 e. The number of rotatable bonds is 7. The van der Waals surface area contributed by atoms with Gasteiger partial charge in [-0.05, 0) is 52.6 Å². The van der Waals surface area contributed by atoms with Gasteiger partial charge >= 0.3 is 0 Å². The molecule has 3 atom stereocenters. The van der Waals surface area contributed by atoms with Gasteiger partial charge in [0, 0.05) is 19.1 Å². The van der Waals surface area contributed by atoms with Crippen molar-refractivity contribution in [3.63, 3.8) is 0 Å². The highest BCUT2D eigenvalue weighted by atomic mass is 16.5. The lowest BCUT2D eigenvalue weighted by atomic mass is 10.1. The zero-order valence-corrected chi connectivity index (χ0v) is 12.9. The molecule has 1 fully saturated rings. The van der Waals surface area contributed by atoms with Crippen LogP contribution < -0.4 is 5.32 Å². The van der Waals surface area contributed by atoms with Crippen LogP contribution in [0.25, 0.3) is 0 Å². The van der Waals surface area contributed by atoms with Gasteiger partial charge in [-0.25, -0.2) is 0 Å². The van der Waals surface area contributed by atoms with Crippen molar-refractivity contribution in [3.8, 4) is 0 Å². The summed E-state index contributed by atoms with van der Waals surface area (Å²) in [4.78, 5) is 2.58. The summed E-state index contributed by atoms with van der Waals surface area (Å²) in [6.45, 7) is 15.7. The van der Waals surface area contributed by atoms with E-state index in [9.17, 15) is 0 Å². The van der Waals surface area contributed by atoms with Crippen LogP contribution in [-0.4, -0.2) is 49.3 Å². The van der Waals surface area contributed by atoms with Crippen molar-refractivity contribution in [2.45, 2.75) is 65.7 Å². The fourth-order valence-electron chi connectivity index (χ4n) is 2.67. The molecule has 0 amide bonds. The highest BCUT2D eigenvalue weighted by Crippen LogP contribution is 2.15. The van der Waals surface area contributed by atoms with Crippen LogP contribution in [0, 0.1) is 5.92 Å². The van der Waals surface area contributed by atoms with Crippen LogP contribution in [0.1, 0.15) is 47.5 Å². The standard InChI is InChI=1S/C15H32N2O/c1-12(2)9-16-8-6-7-13(3)17-10-14(4)18-15(5)11-17/h12-16H,6-11H2,1-5H3/t13?,14-,15+. The van der Waals surface area contributed by atoms with Crippen LogP contribution in [0.15, 0.2) is 0 Å². The zero-order valence-electron chi connectivity index (χ0n) is 12.9. The van der Waals surface area contributed by atoms with E-state index < -0.39 is 0 Å². The van der Waals surface area contributed by atoms with E-state index in [-0.39, 0.29) is 0 Å². The molecule has 1 N–H and O–H groups in total. The van der Waals surface area contributed by atoms with Crippen LogP contribution in [0.2, 0.25) is 0 Å². The summed E-state index contributed by atoms with van der Waals surface area (Å²) in [7, 11) is 0. The van der Waals surface area contributed by atoms with Crippen molar-refractivity contribution in [2.24, 2.45) is 5.92 Å². The van der Waals surface area contributed by atoms with Crippen molar-refractivity contribution in [3.05, 3.63) is 0 Å². The van der Waals surface area contributed by atoms with Crippen molar-refractivity contribution >= 4 is 0 Å². The minimum absolute atomic E-state index is 0.385. The fraction of sp³-hybridized carbons (Fsp3) is 1.00. The Morgan fingerprint density at radius 2 is 1.78 bits per heavy atom. The average molecular weight is 256 g/mol. The lowest BCUT2D eigenvalue weighted by Gasteiger charge is -2.39. The van der Waals surface area contributed by atoms with Crippen LogP contribution >= 0.6 is 0 Å². The first-order valence-corrected chi connectivity index (χ1v) is 7.59. The van der Waals surface area contributed by atoms with E-state index in [1.165, 1.54) is 12.8 Å². The molecular weight excluding hydrogens is 224 g/mol. The maximum absolute atomic E-state index is 5.78. The van der Waals surface area contributed by atoms with Gasteiger partial charge in [0.25, 0.3) is 0 Å². The second kappa shape index (κ2) is 8.13. The van der Waals surface area contributed by atoms with Crippen LogP contribution in [0.4, 0.5) is 0 Å². The van der Waals surface area contributed by atoms with Crippen molar-refractivity contribution in [1.82, 2.24) is 10.2 Å². The summed E-state index contributed by atoms with van der Waals surface area (Å²) >= 11 is 0. The highest BCUT2D eigenvalue weighted by Gasteiger charge is 2.25. The van der Waals surface area contributed by atoms with Gasteiger partial charge < -0.3 is 10.1 Å². The molecule has 0 aromatic heterocycles. The summed E-state index contributed by atoms with van der Waals surface area (Å²) in [5.74, 6) is 0.753. The van der Waals surface area contributed by atoms with Crippen LogP contribution in [-0.2, 0) is 4.74 Å². The van der Waals surface area contributed by atoms with Gasteiger partial charge in [-0.3, -0.25) is 4.90 Å². The summed E-state index contributed by atoms with van der Waals surface area (Å²) in [6.07, 6.45) is 3.32. The van der Waals surface area contributed by atoms with Gasteiger partial charge in [-0.2, -0.15) is 0 Å². The first-order chi connectivity index (χ1) is 8.49. The third kappa shape index (κ3) is 6.17. The topological polar surface area (TPSA) is 24.5 Å². The zero-order chi connectivity index (χ0) is 13.5. The Bertz CT molecular complexity index is 211. The second-order valence-electron chi connectivity index (χ2n) is 6.30. The predicted molar refractivity (Wildman–Crippen MR) is 78.0 cm³/mol. The molecule has 1 rings (SSSR count). The molecule has 0 bridgehead atoms. The molecule has 1 heterocycles. The number of nitrogens with zero attached hydrogens (tertiary/aromatic N) is 1. The molecule has 0 saturated carbocycles.